The van der Waals surface area contributed by atoms with Gasteiger partial charge in [-0.05, 0) is 55.5 Å². The van der Waals surface area contributed by atoms with Crippen LogP contribution in [0.25, 0.3) is 0 Å². The summed E-state index contributed by atoms with van der Waals surface area (Å²) in [6, 6.07) is 48.5. The number of carbonyl (C=O) groups is 4. The molecule has 0 aliphatic heterocycles. The number of hydrogen-bond donors (Lipinski definition) is 0. The zero-order valence-corrected chi connectivity index (χ0v) is 31.0. The molecular weight excluding hydrogens is 712 g/mol. The van der Waals surface area contributed by atoms with Gasteiger partial charge in [-0.15, -0.1) is 0 Å². The molecule has 6 aromatic rings. The molecule has 0 saturated heterocycles. The Morgan fingerprint density at radius 1 is 0.482 bits per heavy atom. The molecule has 0 spiro atoms. The third kappa shape index (κ3) is 9.43. The molecule has 0 radical (unpaired) electrons. The van der Waals surface area contributed by atoms with Gasteiger partial charge in [0.15, 0.2) is 0 Å². The smallest absolute Gasteiger partial charge is 0.338 e. The summed E-state index contributed by atoms with van der Waals surface area (Å²) in [6.07, 6.45) is 0. The van der Waals surface area contributed by atoms with Crippen LogP contribution in [0.4, 0.5) is 0 Å². The fraction of sp³-hybridized carbons (Fsp3) is 0.130. The van der Waals surface area contributed by atoms with E-state index in [-0.39, 0.29) is 11.6 Å². The van der Waals surface area contributed by atoms with Crippen LogP contribution in [0.2, 0.25) is 0 Å². The van der Waals surface area contributed by atoms with Crippen LogP contribution in [-0.2, 0) is 30.6 Å². The molecule has 0 fully saturated rings. The van der Waals surface area contributed by atoms with E-state index in [9.17, 15) is 19.2 Å². The Kier molecular flexibility index (Phi) is 14.0. The second-order valence-electron chi connectivity index (χ2n) is 11.9. The Balaban J connectivity index is 0.000000215. The van der Waals surface area contributed by atoms with Gasteiger partial charge in [-0.2, -0.15) is 0 Å². The zero-order valence-electron chi connectivity index (χ0n) is 31.0. The molecule has 0 N–H and O–H groups in total. The highest BCUT2D eigenvalue weighted by Gasteiger charge is 2.45. The first-order chi connectivity index (χ1) is 27.3. The van der Waals surface area contributed by atoms with Gasteiger partial charge in [0.2, 0.25) is 11.6 Å². The van der Waals surface area contributed by atoms with Gasteiger partial charge >= 0.3 is 17.5 Å². The molecule has 2 atom stereocenters. The molecule has 6 aromatic carbocycles. The van der Waals surface area contributed by atoms with Crippen molar-refractivity contribution in [3.8, 4) is 17.2 Å². The Labute approximate surface area is 325 Å². The second kappa shape index (κ2) is 19.4. The highest BCUT2D eigenvalue weighted by Crippen LogP contribution is 2.35. The molecule has 2 unspecified atom stereocenters. The Morgan fingerprint density at radius 3 is 1.20 bits per heavy atom. The quantitative estimate of drug-likeness (QED) is 0.0411. The number of benzene rings is 6. The number of hydrogen-bond acceptors (Lipinski definition) is 10. The minimum absolute atomic E-state index is 0.295. The number of ether oxygens (including phenoxy) is 6. The third-order valence-corrected chi connectivity index (χ3v) is 8.45. The van der Waals surface area contributed by atoms with E-state index in [1.807, 2.05) is 48.5 Å². The molecule has 0 saturated carbocycles. The van der Waals surface area contributed by atoms with Gasteiger partial charge in [-0.25, -0.2) is 4.79 Å². The van der Waals surface area contributed by atoms with Crippen molar-refractivity contribution in [3.63, 3.8) is 0 Å². The molecule has 0 aliphatic carbocycles. The minimum atomic E-state index is -1.67. The van der Waals surface area contributed by atoms with Crippen molar-refractivity contribution in [1.29, 1.82) is 0 Å². The van der Waals surface area contributed by atoms with Crippen LogP contribution in [-0.4, -0.2) is 44.8 Å². The van der Waals surface area contributed by atoms with E-state index in [1.54, 1.807) is 128 Å². The maximum Gasteiger partial charge on any atom is 0.338 e. The van der Waals surface area contributed by atoms with Gasteiger partial charge < -0.3 is 28.4 Å². The molecule has 0 aliphatic rings. The van der Waals surface area contributed by atoms with Gasteiger partial charge in [0.05, 0.1) is 12.2 Å². The summed E-state index contributed by atoms with van der Waals surface area (Å²) < 4.78 is 33.3. The molecular formula is C46H40O10. The molecule has 0 heterocycles. The fourth-order valence-corrected chi connectivity index (χ4v) is 5.70. The lowest BCUT2D eigenvalue weighted by atomic mass is 9.95. The van der Waals surface area contributed by atoms with Crippen LogP contribution in [0.5, 0.6) is 17.2 Å². The van der Waals surface area contributed by atoms with E-state index >= 15 is 0 Å². The first-order valence-electron chi connectivity index (χ1n) is 17.6. The van der Waals surface area contributed by atoms with E-state index in [0.29, 0.717) is 58.1 Å². The summed E-state index contributed by atoms with van der Waals surface area (Å²) in [5.74, 6) is -3.26. The third-order valence-electron chi connectivity index (χ3n) is 8.45. The fourth-order valence-electron chi connectivity index (χ4n) is 5.70. The Morgan fingerprint density at radius 2 is 0.839 bits per heavy atom. The Bertz CT molecular complexity index is 2160. The average molecular weight is 753 g/mol. The lowest BCUT2D eigenvalue weighted by Crippen LogP contribution is -2.43. The number of carbonyl (C=O) groups excluding carboxylic acids is 4. The van der Waals surface area contributed by atoms with E-state index in [4.69, 9.17) is 28.4 Å². The number of Topliss-reactive ketones (excluding diaryl/α,β-unsaturated/α-hetero) is 2. The monoisotopic (exact) mass is 752 g/mol. The maximum atomic E-state index is 13.4. The maximum absolute atomic E-state index is 13.4. The van der Waals surface area contributed by atoms with Crippen LogP contribution < -0.4 is 14.2 Å². The minimum Gasteiger partial charge on any atom is -0.462 e. The summed E-state index contributed by atoms with van der Waals surface area (Å²) in [5, 5.41) is 0. The number of rotatable bonds is 16. The van der Waals surface area contributed by atoms with Crippen molar-refractivity contribution in [2.24, 2.45) is 0 Å². The van der Waals surface area contributed by atoms with Crippen molar-refractivity contribution >= 4 is 24.0 Å². The average Bonchev–Trinajstić information content (AvgIpc) is 3.27. The lowest BCUT2D eigenvalue weighted by Gasteiger charge is -2.32. The number of ketones is 2. The number of esters is 1. The predicted molar refractivity (Wildman–Crippen MR) is 209 cm³/mol. The van der Waals surface area contributed by atoms with E-state index in [1.165, 1.54) is 14.2 Å². The first-order valence-corrected chi connectivity index (χ1v) is 17.6. The van der Waals surface area contributed by atoms with Crippen molar-refractivity contribution in [2.75, 3.05) is 20.8 Å². The molecule has 284 valence electrons. The van der Waals surface area contributed by atoms with Gasteiger partial charge in [0, 0.05) is 36.5 Å². The van der Waals surface area contributed by atoms with Gasteiger partial charge in [0.1, 0.15) is 17.2 Å². The standard InChI is InChI=1S/C24H22O5.C22H18O5/c1-3-28-23(26)19-14-16-21(17-15-19)29-24(27-2,20-12-8-5-9-13-20)22(25)18-10-6-4-7-11-18;1-25-22(18-10-6-3-7-11-18,21(24)17-8-4-2-5-9-17)27-20-14-12-19(13-15-20)26-16-23/h4-17H,3H2,1-2H3;2-16H,1H3. The summed E-state index contributed by atoms with van der Waals surface area (Å²) in [5.41, 5.74) is 2.45. The lowest BCUT2D eigenvalue weighted by molar-refractivity contribution is -0.134. The highest BCUT2D eigenvalue weighted by atomic mass is 16.7. The SMILES string of the molecule is CCOC(=O)c1ccc(OC(OC)(C(=O)c2ccccc2)c2ccccc2)cc1.COC(Oc1ccc(OC=O)cc1)(C(=O)c1ccccc1)c1ccccc1. The zero-order chi connectivity index (χ0) is 39.8. The molecule has 10 heteroatoms. The second-order valence-corrected chi connectivity index (χ2v) is 11.9. The molecule has 0 amide bonds. The molecule has 6 rings (SSSR count). The highest BCUT2D eigenvalue weighted by molar-refractivity contribution is 6.03. The topological polar surface area (TPSA) is 124 Å². The van der Waals surface area contributed by atoms with E-state index in [0.717, 1.165) is 0 Å². The van der Waals surface area contributed by atoms with Crippen LogP contribution in [0, 0.1) is 0 Å². The van der Waals surface area contributed by atoms with Crippen molar-refractivity contribution in [2.45, 2.75) is 18.5 Å². The summed E-state index contributed by atoms with van der Waals surface area (Å²) >= 11 is 0. The van der Waals surface area contributed by atoms with Crippen LogP contribution in [0.3, 0.4) is 0 Å². The molecule has 10 nitrogen and oxygen atoms in total. The van der Waals surface area contributed by atoms with Gasteiger partial charge in [-0.1, -0.05) is 121 Å². The summed E-state index contributed by atoms with van der Waals surface area (Å²) in [6.45, 7) is 2.39. The van der Waals surface area contributed by atoms with Crippen molar-refractivity contribution in [3.05, 3.63) is 198 Å². The van der Waals surface area contributed by atoms with Gasteiger partial charge in [-0.3, -0.25) is 14.4 Å². The number of methoxy groups -OCH3 is 2. The molecule has 56 heavy (non-hydrogen) atoms. The summed E-state index contributed by atoms with van der Waals surface area (Å²) in [4.78, 5) is 49.1. The first kappa shape index (κ1) is 40.3. The van der Waals surface area contributed by atoms with Gasteiger partial charge in [0.25, 0.3) is 6.47 Å². The Hall–Kier alpha value is -6.88. The van der Waals surface area contributed by atoms with Crippen LogP contribution >= 0.6 is 0 Å². The van der Waals surface area contributed by atoms with Crippen molar-refractivity contribution < 1.29 is 47.6 Å². The van der Waals surface area contributed by atoms with Crippen LogP contribution in [0.1, 0.15) is 49.1 Å². The van der Waals surface area contributed by atoms with Crippen molar-refractivity contribution in [1.82, 2.24) is 0 Å². The summed E-state index contributed by atoms with van der Waals surface area (Å²) in [7, 11) is 2.86. The predicted octanol–water partition coefficient (Wildman–Crippen LogP) is 8.61. The van der Waals surface area contributed by atoms with Crippen LogP contribution in [0.15, 0.2) is 170 Å². The largest absolute Gasteiger partial charge is 0.462 e. The normalized spacial score (nSPS) is 12.6. The molecule has 0 aromatic heterocycles. The molecule has 0 bridgehead atoms. The van der Waals surface area contributed by atoms with E-state index in [2.05, 4.69) is 0 Å². The van der Waals surface area contributed by atoms with E-state index < -0.39 is 17.5 Å².